The topological polar surface area (TPSA) is 23.5 Å². The van der Waals surface area contributed by atoms with Crippen molar-refractivity contribution in [1.82, 2.24) is 4.90 Å². The minimum absolute atomic E-state index is 0. The van der Waals surface area contributed by atoms with Crippen LogP contribution in [-0.2, 0) is 12.8 Å². The summed E-state index contributed by atoms with van der Waals surface area (Å²) in [5.41, 5.74) is 3.97. The Kier molecular flexibility index (Phi) is 7.88. The van der Waals surface area contributed by atoms with Gasteiger partial charge in [-0.05, 0) is 42.4 Å². The first-order valence-corrected chi connectivity index (χ1v) is 10.4. The number of aliphatic hydroxyl groups is 1. The van der Waals surface area contributed by atoms with Crippen LogP contribution in [-0.4, -0.2) is 28.7 Å². The van der Waals surface area contributed by atoms with Crippen LogP contribution in [0.5, 0.6) is 0 Å². The van der Waals surface area contributed by atoms with Gasteiger partial charge in [0, 0.05) is 12.1 Å². The van der Waals surface area contributed by atoms with Gasteiger partial charge >= 0.3 is 0 Å². The van der Waals surface area contributed by atoms with Gasteiger partial charge < -0.3 is 5.11 Å². The molecule has 1 saturated heterocycles. The summed E-state index contributed by atoms with van der Waals surface area (Å²) in [7, 11) is 0. The number of halogens is 1. The molecule has 0 aromatic heterocycles. The predicted octanol–water partition coefficient (Wildman–Crippen LogP) is 5.46. The van der Waals surface area contributed by atoms with Gasteiger partial charge in [0.1, 0.15) is 0 Å². The van der Waals surface area contributed by atoms with E-state index in [9.17, 15) is 5.11 Å². The highest BCUT2D eigenvalue weighted by atomic mass is 35.5. The SMILES string of the molecule is Cl.OC[C@H](c1ccccc1)N1[C@@H](Cc2ccccc2)CC[C@H]1Cc1ccccc1. The highest BCUT2D eigenvalue weighted by Gasteiger charge is 2.38. The van der Waals surface area contributed by atoms with Gasteiger partial charge in [0.2, 0.25) is 0 Å². The number of hydrogen-bond acceptors (Lipinski definition) is 2. The molecule has 0 radical (unpaired) electrons. The Hall–Kier alpha value is -2.13. The summed E-state index contributed by atoms with van der Waals surface area (Å²) >= 11 is 0. The van der Waals surface area contributed by atoms with E-state index in [0.717, 1.165) is 12.8 Å². The maximum atomic E-state index is 10.4. The molecule has 3 aromatic rings. The average molecular weight is 408 g/mol. The van der Waals surface area contributed by atoms with Crippen LogP contribution in [0.4, 0.5) is 0 Å². The number of benzene rings is 3. The fraction of sp³-hybridized carbons (Fsp3) is 0.308. The Labute approximate surface area is 180 Å². The van der Waals surface area contributed by atoms with E-state index in [1.165, 1.54) is 29.5 Å². The second-order valence-electron chi connectivity index (χ2n) is 7.82. The molecule has 3 atom stereocenters. The molecule has 3 aromatic carbocycles. The zero-order chi connectivity index (χ0) is 19.2. The third-order valence-electron chi connectivity index (χ3n) is 6.02. The quantitative estimate of drug-likeness (QED) is 0.562. The lowest BCUT2D eigenvalue weighted by molar-refractivity contribution is 0.0767. The van der Waals surface area contributed by atoms with E-state index in [1.54, 1.807) is 0 Å². The van der Waals surface area contributed by atoms with E-state index in [2.05, 4.69) is 89.8 Å². The molecule has 4 rings (SSSR count). The van der Waals surface area contributed by atoms with Crippen molar-refractivity contribution in [3.05, 3.63) is 108 Å². The van der Waals surface area contributed by atoms with E-state index in [4.69, 9.17) is 0 Å². The van der Waals surface area contributed by atoms with Crippen molar-refractivity contribution in [2.24, 2.45) is 0 Å². The van der Waals surface area contributed by atoms with E-state index >= 15 is 0 Å². The Balaban J connectivity index is 0.00000240. The van der Waals surface area contributed by atoms with Crippen LogP contribution in [0.1, 0.15) is 35.6 Å². The van der Waals surface area contributed by atoms with Crippen LogP contribution < -0.4 is 0 Å². The maximum absolute atomic E-state index is 10.4. The van der Waals surface area contributed by atoms with Gasteiger partial charge in [-0.2, -0.15) is 0 Å². The van der Waals surface area contributed by atoms with E-state index in [0.29, 0.717) is 12.1 Å². The molecular weight excluding hydrogens is 378 g/mol. The minimum Gasteiger partial charge on any atom is -0.394 e. The Bertz CT molecular complexity index is 791. The van der Waals surface area contributed by atoms with Gasteiger partial charge in [-0.25, -0.2) is 0 Å². The smallest absolute Gasteiger partial charge is 0.0628 e. The van der Waals surface area contributed by atoms with Crippen molar-refractivity contribution < 1.29 is 5.11 Å². The number of rotatable bonds is 7. The van der Waals surface area contributed by atoms with Crippen molar-refractivity contribution in [2.75, 3.05) is 6.61 Å². The first-order valence-electron chi connectivity index (χ1n) is 10.4. The van der Waals surface area contributed by atoms with Gasteiger partial charge in [-0.3, -0.25) is 4.90 Å². The van der Waals surface area contributed by atoms with E-state index in [1.807, 2.05) is 6.07 Å². The minimum atomic E-state index is 0. The van der Waals surface area contributed by atoms with E-state index < -0.39 is 0 Å². The molecule has 0 aliphatic carbocycles. The molecule has 1 fully saturated rings. The molecule has 0 spiro atoms. The van der Waals surface area contributed by atoms with Crippen LogP contribution in [0.25, 0.3) is 0 Å². The second kappa shape index (κ2) is 10.6. The lowest BCUT2D eigenvalue weighted by Crippen LogP contribution is -2.42. The molecule has 0 saturated carbocycles. The lowest BCUT2D eigenvalue weighted by atomic mass is 9.99. The monoisotopic (exact) mass is 407 g/mol. The molecule has 0 unspecified atom stereocenters. The Morgan fingerprint density at radius 1 is 0.690 bits per heavy atom. The number of nitrogens with zero attached hydrogens (tertiary/aromatic N) is 1. The average Bonchev–Trinajstić information content (AvgIpc) is 3.13. The van der Waals surface area contributed by atoms with Crippen LogP contribution in [0.15, 0.2) is 91.0 Å². The van der Waals surface area contributed by atoms with Crippen LogP contribution in [0, 0.1) is 0 Å². The van der Waals surface area contributed by atoms with Crippen molar-refractivity contribution in [3.8, 4) is 0 Å². The van der Waals surface area contributed by atoms with Gasteiger partial charge in [0.05, 0.1) is 12.6 Å². The van der Waals surface area contributed by atoms with Gasteiger partial charge in [0.25, 0.3) is 0 Å². The van der Waals surface area contributed by atoms with Crippen molar-refractivity contribution in [2.45, 2.75) is 43.8 Å². The van der Waals surface area contributed by atoms with Crippen LogP contribution >= 0.6 is 12.4 Å². The van der Waals surface area contributed by atoms with Gasteiger partial charge in [-0.15, -0.1) is 12.4 Å². The summed E-state index contributed by atoms with van der Waals surface area (Å²) in [5, 5.41) is 10.4. The lowest BCUT2D eigenvalue weighted by Gasteiger charge is -2.37. The molecule has 29 heavy (non-hydrogen) atoms. The van der Waals surface area contributed by atoms with Crippen LogP contribution in [0.3, 0.4) is 0 Å². The first-order chi connectivity index (χ1) is 13.8. The third kappa shape index (κ3) is 5.27. The molecule has 0 bridgehead atoms. The van der Waals surface area contributed by atoms with Gasteiger partial charge in [0.15, 0.2) is 0 Å². The Morgan fingerprint density at radius 2 is 1.10 bits per heavy atom. The largest absolute Gasteiger partial charge is 0.394 e. The normalized spacial score (nSPS) is 20.2. The highest BCUT2D eigenvalue weighted by molar-refractivity contribution is 5.85. The van der Waals surface area contributed by atoms with Gasteiger partial charge in [-0.1, -0.05) is 91.0 Å². The number of hydrogen-bond donors (Lipinski definition) is 1. The number of aliphatic hydroxyl groups excluding tert-OH is 1. The first kappa shape index (κ1) is 21.6. The predicted molar refractivity (Wildman–Crippen MR) is 122 cm³/mol. The van der Waals surface area contributed by atoms with E-state index in [-0.39, 0.29) is 25.1 Å². The summed E-state index contributed by atoms with van der Waals surface area (Å²) in [5.74, 6) is 0. The summed E-state index contributed by atoms with van der Waals surface area (Å²) in [6.45, 7) is 0.153. The standard InChI is InChI=1S/C26H29NO.ClH/c28-20-26(23-14-8-3-9-15-23)27-24(18-21-10-4-1-5-11-21)16-17-25(27)19-22-12-6-2-7-13-22;/h1-15,24-26,28H,16-20H2;1H/t24-,25+,26-;/m1./s1. The summed E-state index contributed by atoms with van der Waals surface area (Å²) < 4.78 is 0. The summed E-state index contributed by atoms with van der Waals surface area (Å²) in [4.78, 5) is 2.61. The van der Waals surface area contributed by atoms with Crippen molar-refractivity contribution in [1.29, 1.82) is 0 Å². The molecule has 152 valence electrons. The number of likely N-dealkylation sites (tertiary alicyclic amines) is 1. The molecular formula is C26H30ClNO. The van der Waals surface area contributed by atoms with Crippen molar-refractivity contribution >= 4 is 12.4 Å². The summed E-state index contributed by atoms with van der Waals surface area (Å²) in [6, 6.07) is 33.0. The second-order valence-corrected chi connectivity index (χ2v) is 7.82. The summed E-state index contributed by atoms with van der Waals surface area (Å²) in [6.07, 6.45) is 4.43. The fourth-order valence-electron chi connectivity index (χ4n) is 4.72. The molecule has 0 amide bonds. The van der Waals surface area contributed by atoms with Crippen LogP contribution in [0.2, 0.25) is 0 Å². The zero-order valence-corrected chi connectivity index (χ0v) is 17.5. The highest BCUT2D eigenvalue weighted by Crippen LogP contribution is 2.36. The molecule has 2 nitrogen and oxygen atoms in total. The molecule has 1 aliphatic rings. The van der Waals surface area contributed by atoms with Crippen molar-refractivity contribution in [3.63, 3.8) is 0 Å². The molecule has 1 aliphatic heterocycles. The third-order valence-corrected chi connectivity index (χ3v) is 6.02. The molecule has 1 heterocycles. The molecule has 3 heteroatoms. The Morgan fingerprint density at radius 3 is 1.52 bits per heavy atom. The fourth-order valence-corrected chi connectivity index (χ4v) is 4.72. The maximum Gasteiger partial charge on any atom is 0.0628 e. The zero-order valence-electron chi connectivity index (χ0n) is 16.7. The molecule has 1 N–H and O–H groups in total.